The zero-order valence-corrected chi connectivity index (χ0v) is 36.4. The van der Waals surface area contributed by atoms with Crippen molar-refractivity contribution in [3.8, 4) is 0 Å². The molecule has 1 saturated heterocycles. The molecule has 14 atom stereocenters. The van der Waals surface area contributed by atoms with Gasteiger partial charge in [0.05, 0.1) is 29.4 Å². The Labute approximate surface area is 332 Å². The lowest BCUT2D eigenvalue weighted by Crippen LogP contribution is -2.69. The number of nitrogens with one attached hydrogen (secondary N) is 1. The van der Waals surface area contributed by atoms with E-state index in [0.717, 1.165) is 38.5 Å². The minimum Gasteiger partial charge on any atom is -0.481 e. The molecule has 0 spiro atoms. The number of carbonyl (C=O) groups is 2. The molecule has 9 nitrogen and oxygen atoms in total. The van der Waals surface area contributed by atoms with E-state index in [1.54, 1.807) is 0 Å². The smallest absolute Gasteiger partial charge is 0.309 e. The molecule has 0 amide bonds. The Hall–Kier alpha value is -1.49. The number of aliphatic hydroxyl groups excluding tert-OH is 1. The minimum atomic E-state index is -3.00. The van der Waals surface area contributed by atoms with Crippen molar-refractivity contribution < 1.29 is 33.0 Å². The Kier molecular flexibility index (Phi) is 10.4. The summed E-state index contributed by atoms with van der Waals surface area (Å²) in [6.45, 7) is 26.7. The number of nitrogens with zero attached hydrogens (tertiary/aromatic N) is 1. The van der Waals surface area contributed by atoms with Crippen LogP contribution in [0.3, 0.4) is 0 Å². The van der Waals surface area contributed by atoms with Gasteiger partial charge in [0, 0.05) is 36.6 Å². The fourth-order valence-corrected chi connectivity index (χ4v) is 16.8. The normalized spacial score (nSPS) is 46.7. The molecule has 6 saturated carbocycles. The average molecular weight is 787 g/mol. The van der Waals surface area contributed by atoms with Gasteiger partial charge in [0.1, 0.15) is 6.10 Å². The molecule has 0 bridgehead atoms. The molecule has 3 N–H and O–H groups in total. The van der Waals surface area contributed by atoms with Crippen LogP contribution in [-0.4, -0.2) is 90.4 Å². The summed E-state index contributed by atoms with van der Waals surface area (Å²) in [5.41, 5.74) is 1.00. The van der Waals surface area contributed by atoms with Crippen molar-refractivity contribution in [1.82, 2.24) is 10.2 Å². The molecule has 0 unspecified atom stereocenters. The van der Waals surface area contributed by atoms with Gasteiger partial charge in [0.15, 0.2) is 9.84 Å². The number of aliphatic carboxylic acids is 1. The molecule has 0 aromatic rings. The first-order valence-electron chi connectivity index (χ1n) is 21.9. The van der Waals surface area contributed by atoms with Crippen LogP contribution in [0.1, 0.15) is 133 Å². The minimum absolute atomic E-state index is 0.0174. The highest BCUT2D eigenvalue weighted by molar-refractivity contribution is 7.91. The van der Waals surface area contributed by atoms with Crippen molar-refractivity contribution in [1.29, 1.82) is 0 Å². The SMILES string of the molecule is C=C(C)[C@@H]1CC[C@]2(NC[C@H]([C@@H](C)O)N3CCS(=O)(=O)CC3)CC[C@]3(C)[C@H](CC[C@@H]4[C@@]5(C)CC[C@H](OC(=O)[C@H]6C[C@@H](C(=O)O)C6(C)C)C(C)(C)[C@@H]5CC[C@]43C)[C@@H]12. The van der Waals surface area contributed by atoms with E-state index in [0.29, 0.717) is 55.6 Å². The predicted molar refractivity (Wildman–Crippen MR) is 216 cm³/mol. The summed E-state index contributed by atoms with van der Waals surface area (Å²) >= 11 is 0. The summed E-state index contributed by atoms with van der Waals surface area (Å²) in [6.07, 6.45) is 10.8. The van der Waals surface area contributed by atoms with Crippen LogP contribution >= 0.6 is 0 Å². The molecule has 6 aliphatic carbocycles. The first-order chi connectivity index (χ1) is 25.5. The molecule has 7 fully saturated rings. The Morgan fingerprint density at radius 3 is 2.13 bits per heavy atom. The van der Waals surface area contributed by atoms with E-state index in [9.17, 15) is 28.2 Å². The molecule has 7 rings (SSSR count). The van der Waals surface area contributed by atoms with Crippen molar-refractivity contribution in [2.45, 2.75) is 157 Å². The predicted octanol–water partition coefficient (Wildman–Crippen LogP) is 7.12. The molecule has 10 heteroatoms. The van der Waals surface area contributed by atoms with E-state index in [1.807, 2.05) is 20.8 Å². The number of ether oxygens (including phenoxy) is 1. The second-order valence-electron chi connectivity index (χ2n) is 22.0. The van der Waals surface area contributed by atoms with Crippen LogP contribution in [0.25, 0.3) is 0 Å². The molecule has 0 radical (unpaired) electrons. The third-order valence-electron chi connectivity index (χ3n) is 19.2. The summed E-state index contributed by atoms with van der Waals surface area (Å²) in [6, 6.07) is -0.120. The van der Waals surface area contributed by atoms with Gasteiger partial charge in [-0.1, -0.05) is 60.6 Å². The highest BCUT2D eigenvalue weighted by atomic mass is 32.2. The standard InChI is InChI=1S/C45H74N2O7S/c1-27(2)29-13-18-45(46-26-33(28(3)48)47-21-23-55(52,53)24-22-47)20-19-43(9)30(37(29)45)11-12-35-42(8)16-15-36(41(6,7)34(42)14-17-44(35,43)10)54-39(51)32-25-31(38(49)50)40(32,4)5/h28-37,46,48H,1,11-26H2,2-10H3,(H,49,50)/t28-,29+,30-,31+,32-,33-,34+,35-,36+,37-,42+,43-,44-,45+/m1/s1. The zero-order chi connectivity index (χ0) is 40.3. The molecule has 7 aliphatic rings. The van der Waals surface area contributed by atoms with E-state index < -0.39 is 33.2 Å². The number of rotatable bonds is 9. The van der Waals surface area contributed by atoms with Gasteiger partial charge >= 0.3 is 11.9 Å². The molecule has 0 aromatic carbocycles. The monoisotopic (exact) mass is 787 g/mol. The van der Waals surface area contributed by atoms with Crippen molar-refractivity contribution >= 4 is 21.8 Å². The Balaban J connectivity index is 1.10. The molecular weight excluding hydrogens is 713 g/mol. The molecular formula is C45H74N2O7S. The average Bonchev–Trinajstić information content (AvgIpc) is 3.46. The van der Waals surface area contributed by atoms with Crippen LogP contribution in [0.2, 0.25) is 0 Å². The summed E-state index contributed by atoms with van der Waals surface area (Å²) in [4.78, 5) is 27.6. The van der Waals surface area contributed by atoms with Gasteiger partial charge in [-0.15, -0.1) is 0 Å². The van der Waals surface area contributed by atoms with Gasteiger partial charge in [-0.25, -0.2) is 8.42 Å². The number of esters is 1. The lowest BCUT2D eigenvalue weighted by molar-refractivity contribution is -0.248. The summed E-state index contributed by atoms with van der Waals surface area (Å²) < 4.78 is 30.9. The summed E-state index contributed by atoms with van der Waals surface area (Å²) in [7, 11) is -3.00. The second-order valence-corrected chi connectivity index (χ2v) is 24.3. The molecule has 312 valence electrons. The number of allylic oxidation sites excluding steroid dienone is 1. The molecule has 1 heterocycles. The topological polar surface area (TPSA) is 133 Å². The number of carboxylic acid groups (broad SMARTS) is 1. The maximum absolute atomic E-state index is 13.6. The first-order valence-corrected chi connectivity index (χ1v) is 23.7. The van der Waals surface area contributed by atoms with Crippen LogP contribution < -0.4 is 5.32 Å². The van der Waals surface area contributed by atoms with Gasteiger partial charge < -0.3 is 20.3 Å². The van der Waals surface area contributed by atoms with Crippen molar-refractivity contribution in [3.05, 3.63) is 12.2 Å². The van der Waals surface area contributed by atoms with Crippen molar-refractivity contribution in [2.75, 3.05) is 31.1 Å². The van der Waals surface area contributed by atoms with E-state index in [4.69, 9.17) is 4.74 Å². The lowest BCUT2D eigenvalue weighted by Gasteiger charge is -2.73. The Morgan fingerprint density at radius 1 is 0.855 bits per heavy atom. The molecule has 1 aliphatic heterocycles. The lowest BCUT2D eigenvalue weighted by atomic mass is 9.32. The fourth-order valence-electron chi connectivity index (χ4n) is 15.6. The number of sulfone groups is 1. The van der Waals surface area contributed by atoms with Crippen LogP contribution in [0.5, 0.6) is 0 Å². The maximum Gasteiger partial charge on any atom is 0.309 e. The summed E-state index contributed by atoms with van der Waals surface area (Å²) in [5.74, 6) is 0.964. The van der Waals surface area contributed by atoms with Gasteiger partial charge in [-0.2, -0.15) is 0 Å². The van der Waals surface area contributed by atoms with E-state index in [2.05, 4.69) is 58.3 Å². The zero-order valence-electron chi connectivity index (χ0n) is 35.6. The number of aliphatic hydroxyl groups is 1. The second kappa shape index (κ2) is 13.8. The molecule has 55 heavy (non-hydrogen) atoms. The largest absolute Gasteiger partial charge is 0.481 e. The third kappa shape index (κ3) is 6.33. The van der Waals surface area contributed by atoms with E-state index >= 15 is 0 Å². The van der Waals surface area contributed by atoms with Crippen molar-refractivity contribution in [3.63, 3.8) is 0 Å². The van der Waals surface area contributed by atoms with Gasteiger partial charge in [0.25, 0.3) is 0 Å². The third-order valence-corrected chi connectivity index (χ3v) is 20.8. The first kappa shape index (κ1) is 41.7. The number of carboxylic acids is 1. The molecule has 0 aromatic heterocycles. The highest BCUT2D eigenvalue weighted by Crippen LogP contribution is 2.76. The number of hydrogen-bond donors (Lipinski definition) is 3. The highest BCUT2D eigenvalue weighted by Gasteiger charge is 2.71. The van der Waals surface area contributed by atoms with E-state index in [1.165, 1.54) is 31.3 Å². The van der Waals surface area contributed by atoms with Crippen LogP contribution in [0.15, 0.2) is 12.2 Å². The van der Waals surface area contributed by atoms with Gasteiger partial charge in [-0.05, 0) is 136 Å². The Bertz CT molecular complexity index is 1640. The van der Waals surface area contributed by atoms with Crippen molar-refractivity contribution in [2.24, 2.45) is 68.5 Å². The fraction of sp³-hybridized carbons (Fsp3) is 0.911. The Morgan fingerprint density at radius 2 is 1.53 bits per heavy atom. The summed E-state index contributed by atoms with van der Waals surface area (Å²) in [5, 5.41) is 24.8. The van der Waals surface area contributed by atoms with E-state index in [-0.39, 0.29) is 62.7 Å². The number of carbonyl (C=O) groups excluding carboxylic acids is 1. The number of hydrogen-bond acceptors (Lipinski definition) is 8. The quantitative estimate of drug-likeness (QED) is 0.165. The van der Waals surface area contributed by atoms with Crippen LogP contribution in [0, 0.1) is 68.5 Å². The van der Waals surface area contributed by atoms with Gasteiger partial charge in [0.2, 0.25) is 0 Å². The van der Waals surface area contributed by atoms with Crippen LogP contribution in [-0.2, 0) is 24.2 Å². The number of fused-ring (bicyclic) bond motifs is 7. The maximum atomic E-state index is 13.6. The van der Waals surface area contributed by atoms with Crippen LogP contribution in [0.4, 0.5) is 0 Å². The van der Waals surface area contributed by atoms with Gasteiger partial charge in [-0.3, -0.25) is 14.5 Å².